The van der Waals surface area contributed by atoms with E-state index in [0.717, 1.165) is 32.1 Å². The number of rotatable bonds is 2. The molecule has 0 N–H and O–H groups in total. The van der Waals surface area contributed by atoms with Gasteiger partial charge in [-0.3, -0.25) is 0 Å². The van der Waals surface area contributed by atoms with Crippen molar-refractivity contribution in [1.82, 2.24) is 0 Å². The van der Waals surface area contributed by atoms with Crippen LogP contribution in [0.3, 0.4) is 0 Å². The smallest absolute Gasteiger partial charge is 0.00943 e. The van der Waals surface area contributed by atoms with Crippen LogP contribution in [0.4, 0.5) is 0 Å². The van der Waals surface area contributed by atoms with Crippen molar-refractivity contribution in [3.63, 3.8) is 0 Å². The van der Waals surface area contributed by atoms with Crippen molar-refractivity contribution in [3.05, 3.63) is 100 Å². The molecule has 23 heavy (non-hydrogen) atoms. The molecule has 5 aliphatic rings. The van der Waals surface area contributed by atoms with Crippen molar-refractivity contribution in [2.75, 3.05) is 0 Å². The lowest BCUT2D eigenvalue weighted by atomic mass is 9.93. The van der Waals surface area contributed by atoms with Gasteiger partial charge in [-0.1, -0.05) is 72.8 Å². The van der Waals surface area contributed by atoms with Gasteiger partial charge in [0.05, 0.1) is 0 Å². The zero-order valence-electron chi connectivity index (χ0n) is 13.5. The summed E-state index contributed by atoms with van der Waals surface area (Å²) in [6.45, 7) is 0. The van der Waals surface area contributed by atoms with Crippen molar-refractivity contribution >= 4 is 6.08 Å². The Balaban J connectivity index is 1.65. The fourth-order valence-electron chi connectivity index (χ4n) is 3.41. The molecule has 0 fully saturated rings. The zero-order valence-corrected chi connectivity index (χ0v) is 13.5. The lowest BCUT2D eigenvalue weighted by Gasteiger charge is -2.12. The topological polar surface area (TPSA) is 0 Å². The van der Waals surface area contributed by atoms with Crippen molar-refractivity contribution in [1.29, 1.82) is 0 Å². The molecule has 0 aliphatic heterocycles. The molecular weight excluding hydrogens is 276 g/mol. The molecule has 0 heteroatoms. The third kappa shape index (κ3) is 3.37. The fraction of sp³-hybridized carbons (Fsp3) is 0.217. The van der Waals surface area contributed by atoms with Crippen LogP contribution in [0, 0.1) is 0 Å². The molecule has 5 aliphatic carbocycles. The highest BCUT2D eigenvalue weighted by atomic mass is 14.1. The van der Waals surface area contributed by atoms with Gasteiger partial charge in [-0.25, -0.2) is 0 Å². The first-order chi connectivity index (χ1) is 11.4. The van der Waals surface area contributed by atoms with Gasteiger partial charge >= 0.3 is 0 Å². The molecule has 4 bridgehead atoms. The maximum atomic E-state index is 2.39. The van der Waals surface area contributed by atoms with Crippen molar-refractivity contribution < 1.29 is 0 Å². The molecule has 0 amide bonds. The Kier molecular flexibility index (Phi) is 3.98. The minimum Gasteiger partial charge on any atom is -0.0801 e. The molecule has 114 valence electrons. The van der Waals surface area contributed by atoms with Crippen molar-refractivity contribution in [3.8, 4) is 0 Å². The van der Waals surface area contributed by atoms with Crippen molar-refractivity contribution in [2.24, 2.45) is 0 Å². The van der Waals surface area contributed by atoms with Gasteiger partial charge in [-0.2, -0.15) is 0 Å². The Morgan fingerprint density at radius 1 is 0.696 bits per heavy atom. The van der Waals surface area contributed by atoms with Crippen LogP contribution in [0.5, 0.6) is 0 Å². The third-order valence-corrected chi connectivity index (χ3v) is 4.90. The van der Waals surface area contributed by atoms with E-state index in [1.807, 2.05) is 0 Å². The molecule has 0 unspecified atom stereocenters. The van der Waals surface area contributed by atoms with Gasteiger partial charge in [0.1, 0.15) is 0 Å². The van der Waals surface area contributed by atoms with E-state index in [-0.39, 0.29) is 0 Å². The molecule has 0 heterocycles. The summed E-state index contributed by atoms with van der Waals surface area (Å²) in [5.41, 5.74) is 8.58. The van der Waals surface area contributed by atoms with Crippen LogP contribution in [0.25, 0.3) is 6.08 Å². The van der Waals surface area contributed by atoms with Crippen LogP contribution < -0.4 is 0 Å². The summed E-state index contributed by atoms with van der Waals surface area (Å²) in [7, 11) is 0. The number of aryl methyl sites for hydroxylation is 4. The molecule has 2 aromatic rings. The predicted octanol–water partition coefficient (Wildman–Crippen LogP) is 5.47. The van der Waals surface area contributed by atoms with Crippen LogP contribution in [0.1, 0.15) is 34.2 Å². The zero-order chi connectivity index (χ0) is 15.5. The molecule has 0 atom stereocenters. The van der Waals surface area contributed by atoms with Gasteiger partial charge in [0, 0.05) is 0 Å². The molecule has 7 rings (SSSR count). The second-order valence-corrected chi connectivity index (χ2v) is 6.56. The molecule has 0 aromatic heterocycles. The molecule has 0 saturated carbocycles. The number of hydrogen-bond donors (Lipinski definition) is 0. The van der Waals surface area contributed by atoms with E-state index in [2.05, 4.69) is 72.8 Å². The van der Waals surface area contributed by atoms with Gasteiger partial charge in [-0.15, -0.1) is 0 Å². The number of allylic oxidation sites excluding steroid dienone is 5. The van der Waals surface area contributed by atoms with Gasteiger partial charge in [0.2, 0.25) is 0 Å². The molecule has 0 radical (unpaired) electrons. The first-order valence-electron chi connectivity index (χ1n) is 8.60. The third-order valence-electron chi connectivity index (χ3n) is 4.90. The highest BCUT2D eigenvalue weighted by molar-refractivity contribution is 5.59. The SMILES string of the molecule is C1=CCC(/C=C/c2cc3ccc2CCc2ccc(cc2)CC3)=C1. The Hall–Kier alpha value is -2.34. The predicted molar refractivity (Wildman–Crippen MR) is 98.6 cm³/mol. The normalized spacial score (nSPS) is 16.6. The monoisotopic (exact) mass is 298 g/mol. The Bertz CT molecular complexity index is 785. The second kappa shape index (κ2) is 6.42. The maximum Gasteiger partial charge on any atom is -0.00943 e. The summed E-state index contributed by atoms with van der Waals surface area (Å²) in [6.07, 6.45) is 16.7. The minimum atomic E-state index is 1.07. The lowest BCUT2D eigenvalue weighted by Crippen LogP contribution is -2.00. The Labute approximate surface area is 138 Å². The fourth-order valence-corrected chi connectivity index (χ4v) is 3.41. The molecular formula is C23H22. The van der Waals surface area contributed by atoms with E-state index in [1.54, 1.807) is 0 Å². The van der Waals surface area contributed by atoms with E-state index >= 15 is 0 Å². The average molecular weight is 298 g/mol. The van der Waals surface area contributed by atoms with E-state index in [9.17, 15) is 0 Å². The molecule has 0 saturated heterocycles. The Morgan fingerprint density at radius 2 is 1.39 bits per heavy atom. The van der Waals surface area contributed by atoms with Gasteiger partial charge in [0.25, 0.3) is 0 Å². The number of hydrogen-bond acceptors (Lipinski definition) is 0. The maximum absolute atomic E-state index is 2.39. The first kappa shape index (κ1) is 14.3. The summed E-state index contributed by atoms with van der Waals surface area (Å²) >= 11 is 0. The second-order valence-electron chi connectivity index (χ2n) is 6.56. The lowest BCUT2D eigenvalue weighted by molar-refractivity contribution is 0.919. The number of benzene rings is 2. The molecule has 2 aromatic carbocycles. The average Bonchev–Trinajstić information content (AvgIpc) is 3.09. The molecule has 0 spiro atoms. The molecule has 0 nitrogen and oxygen atoms in total. The van der Waals surface area contributed by atoms with Crippen molar-refractivity contribution in [2.45, 2.75) is 32.1 Å². The van der Waals surface area contributed by atoms with E-state index < -0.39 is 0 Å². The highest BCUT2D eigenvalue weighted by Gasteiger charge is 2.06. The minimum absolute atomic E-state index is 1.07. The van der Waals surface area contributed by atoms with E-state index in [0.29, 0.717) is 0 Å². The van der Waals surface area contributed by atoms with Crippen LogP contribution >= 0.6 is 0 Å². The standard InChI is InChI=1S/C23H22/c1-2-4-18(3-1)12-16-23-17-21-10-9-19-5-7-20(8-6-19)11-14-22(23)15-13-21/h1-3,5-8,12-13,15-17H,4,9-11,14H2/b16-12+. The van der Waals surface area contributed by atoms with Crippen LogP contribution in [0.15, 0.2) is 72.3 Å². The quantitative estimate of drug-likeness (QED) is 0.689. The summed E-state index contributed by atoms with van der Waals surface area (Å²) in [6, 6.07) is 16.2. The van der Waals surface area contributed by atoms with Crippen LogP contribution in [0.2, 0.25) is 0 Å². The highest BCUT2D eigenvalue weighted by Crippen LogP contribution is 2.22. The summed E-state index contributed by atoms with van der Waals surface area (Å²) in [5.74, 6) is 0. The summed E-state index contributed by atoms with van der Waals surface area (Å²) in [5, 5.41) is 0. The van der Waals surface area contributed by atoms with Crippen LogP contribution in [-0.2, 0) is 25.7 Å². The van der Waals surface area contributed by atoms with Gasteiger partial charge in [0.15, 0.2) is 0 Å². The first-order valence-corrected chi connectivity index (χ1v) is 8.60. The summed E-state index contributed by atoms with van der Waals surface area (Å²) in [4.78, 5) is 0. The van der Waals surface area contributed by atoms with E-state index in [1.165, 1.54) is 33.4 Å². The largest absolute Gasteiger partial charge is 0.0801 e. The van der Waals surface area contributed by atoms with Crippen LogP contribution in [-0.4, -0.2) is 0 Å². The van der Waals surface area contributed by atoms with E-state index in [4.69, 9.17) is 0 Å². The van der Waals surface area contributed by atoms with Gasteiger partial charge in [-0.05, 0) is 65.5 Å². The summed E-state index contributed by atoms with van der Waals surface area (Å²) < 4.78 is 0. The van der Waals surface area contributed by atoms with Gasteiger partial charge < -0.3 is 0 Å². The Morgan fingerprint density at radius 3 is 2.13 bits per heavy atom.